The molecule has 21 heavy (non-hydrogen) atoms. The molecule has 1 rings (SSSR count). The number of carbonyl (C=O) groups is 2. The van der Waals surface area contributed by atoms with E-state index in [9.17, 15) is 22.8 Å². The van der Waals surface area contributed by atoms with Gasteiger partial charge in [0.1, 0.15) is 0 Å². The van der Waals surface area contributed by atoms with Crippen LogP contribution in [0.15, 0.2) is 0 Å². The van der Waals surface area contributed by atoms with Crippen molar-refractivity contribution in [3.05, 3.63) is 0 Å². The molecule has 122 valence electrons. The zero-order valence-corrected chi connectivity index (χ0v) is 12.3. The van der Waals surface area contributed by atoms with Crippen molar-refractivity contribution in [2.45, 2.75) is 57.8 Å². The first kappa shape index (κ1) is 17.6. The molecule has 1 aliphatic rings. The lowest BCUT2D eigenvalue weighted by Gasteiger charge is -2.35. The van der Waals surface area contributed by atoms with Crippen LogP contribution in [0.25, 0.3) is 0 Å². The maximum atomic E-state index is 12.8. The molecule has 4 unspecified atom stereocenters. The predicted octanol–water partition coefficient (Wildman–Crippen LogP) is 2.52. The van der Waals surface area contributed by atoms with Crippen LogP contribution in [0.1, 0.15) is 40.0 Å². The average molecular weight is 310 g/mol. The van der Waals surface area contributed by atoms with Crippen LogP contribution in [-0.2, 0) is 4.79 Å². The number of urea groups is 1. The Labute approximate surface area is 121 Å². The SMILES string of the molecule is CC1CCC(NC(=O)NC(C)(C(=O)O)C(F)(F)F)C(C)C1. The zero-order chi connectivity index (χ0) is 16.4. The summed E-state index contributed by atoms with van der Waals surface area (Å²) in [5.74, 6) is -1.49. The van der Waals surface area contributed by atoms with Crippen molar-refractivity contribution in [1.82, 2.24) is 10.6 Å². The van der Waals surface area contributed by atoms with E-state index in [1.807, 2.05) is 6.92 Å². The van der Waals surface area contributed by atoms with E-state index in [-0.39, 0.29) is 12.0 Å². The summed E-state index contributed by atoms with van der Waals surface area (Å²) in [7, 11) is 0. The molecule has 0 aliphatic heterocycles. The van der Waals surface area contributed by atoms with Gasteiger partial charge in [0.2, 0.25) is 5.54 Å². The van der Waals surface area contributed by atoms with Crippen LogP contribution >= 0.6 is 0 Å². The summed E-state index contributed by atoms with van der Waals surface area (Å²) in [5, 5.41) is 12.7. The lowest BCUT2D eigenvalue weighted by atomic mass is 9.80. The Kier molecular flexibility index (Phi) is 5.11. The van der Waals surface area contributed by atoms with Gasteiger partial charge in [-0.2, -0.15) is 13.2 Å². The monoisotopic (exact) mass is 310 g/mol. The third-order valence-corrected chi connectivity index (χ3v) is 4.11. The number of hydrogen-bond donors (Lipinski definition) is 3. The van der Waals surface area contributed by atoms with Crippen LogP contribution in [-0.4, -0.2) is 34.9 Å². The number of nitrogens with one attached hydrogen (secondary N) is 2. The van der Waals surface area contributed by atoms with Crippen LogP contribution in [0.3, 0.4) is 0 Å². The van der Waals surface area contributed by atoms with Gasteiger partial charge in [-0.25, -0.2) is 9.59 Å². The Hall–Kier alpha value is -1.47. The molecule has 4 atom stereocenters. The topological polar surface area (TPSA) is 78.4 Å². The number of rotatable bonds is 3. The van der Waals surface area contributed by atoms with Gasteiger partial charge in [-0.15, -0.1) is 0 Å². The second kappa shape index (κ2) is 6.11. The van der Waals surface area contributed by atoms with E-state index in [2.05, 4.69) is 12.2 Å². The quantitative estimate of drug-likeness (QED) is 0.749. The first-order valence-electron chi connectivity index (χ1n) is 6.86. The van der Waals surface area contributed by atoms with E-state index >= 15 is 0 Å². The van der Waals surface area contributed by atoms with E-state index in [0.717, 1.165) is 12.8 Å². The minimum absolute atomic E-state index is 0.140. The number of amides is 2. The molecule has 0 aromatic heterocycles. The van der Waals surface area contributed by atoms with Gasteiger partial charge in [0.25, 0.3) is 0 Å². The molecule has 3 N–H and O–H groups in total. The number of carboxylic acid groups (broad SMARTS) is 1. The van der Waals surface area contributed by atoms with Gasteiger partial charge in [-0.05, 0) is 38.0 Å². The van der Waals surface area contributed by atoms with Gasteiger partial charge in [0.05, 0.1) is 0 Å². The first-order chi connectivity index (χ1) is 9.47. The molecule has 0 aromatic rings. The van der Waals surface area contributed by atoms with E-state index in [0.29, 0.717) is 19.3 Å². The highest BCUT2D eigenvalue weighted by Crippen LogP contribution is 2.31. The Morgan fingerprint density at radius 3 is 2.19 bits per heavy atom. The fourth-order valence-corrected chi connectivity index (χ4v) is 2.56. The second-order valence-electron chi connectivity index (χ2n) is 6.03. The summed E-state index contributed by atoms with van der Waals surface area (Å²) >= 11 is 0. The first-order valence-corrected chi connectivity index (χ1v) is 6.86. The van der Waals surface area contributed by atoms with Gasteiger partial charge in [-0.3, -0.25) is 0 Å². The van der Waals surface area contributed by atoms with Crippen LogP contribution in [0.4, 0.5) is 18.0 Å². The van der Waals surface area contributed by atoms with Crippen LogP contribution in [0, 0.1) is 11.8 Å². The largest absolute Gasteiger partial charge is 0.479 e. The summed E-state index contributed by atoms with van der Waals surface area (Å²) < 4.78 is 38.4. The fourth-order valence-electron chi connectivity index (χ4n) is 2.56. The molecular formula is C13H21F3N2O3. The van der Waals surface area contributed by atoms with E-state index < -0.39 is 23.7 Å². The number of hydrogen-bond acceptors (Lipinski definition) is 2. The highest BCUT2D eigenvalue weighted by molar-refractivity contribution is 5.86. The number of alkyl halides is 3. The summed E-state index contributed by atoms with van der Waals surface area (Å²) in [4.78, 5) is 22.6. The Morgan fingerprint density at radius 2 is 1.76 bits per heavy atom. The number of carbonyl (C=O) groups excluding carboxylic acids is 1. The van der Waals surface area contributed by atoms with E-state index in [4.69, 9.17) is 5.11 Å². The molecule has 2 amide bonds. The zero-order valence-electron chi connectivity index (χ0n) is 12.3. The lowest BCUT2D eigenvalue weighted by Crippen LogP contribution is -2.64. The standard InChI is InChI=1S/C13H21F3N2O3/c1-7-4-5-9(8(2)6-7)17-11(21)18-12(3,10(19)20)13(14,15)16/h7-9H,4-6H2,1-3H3,(H,19,20)(H2,17,18,21). The molecule has 0 bridgehead atoms. The maximum Gasteiger partial charge on any atom is 0.422 e. The van der Waals surface area contributed by atoms with Crippen molar-refractivity contribution in [3.63, 3.8) is 0 Å². The van der Waals surface area contributed by atoms with E-state index in [1.165, 1.54) is 5.32 Å². The lowest BCUT2D eigenvalue weighted by molar-refractivity contribution is -0.203. The molecular weight excluding hydrogens is 289 g/mol. The Balaban J connectivity index is 2.70. The number of carboxylic acids is 1. The summed E-state index contributed by atoms with van der Waals surface area (Å²) in [6.45, 7) is 4.43. The summed E-state index contributed by atoms with van der Waals surface area (Å²) in [6.07, 6.45) is -2.65. The van der Waals surface area contributed by atoms with Crippen molar-refractivity contribution < 1.29 is 27.9 Å². The minimum atomic E-state index is -5.08. The van der Waals surface area contributed by atoms with Gasteiger partial charge in [0, 0.05) is 6.04 Å². The molecule has 5 nitrogen and oxygen atoms in total. The average Bonchev–Trinajstić information content (AvgIpc) is 2.31. The van der Waals surface area contributed by atoms with Crippen LogP contribution < -0.4 is 10.6 Å². The third kappa shape index (κ3) is 4.01. The Bertz CT molecular complexity index is 414. The van der Waals surface area contributed by atoms with Crippen molar-refractivity contribution >= 4 is 12.0 Å². The second-order valence-corrected chi connectivity index (χ2v) is 6.03. The molecule has 0 heterocycles. The molecule has 0 saturated heterocycles. The van der Waals surface area contributed by atoms with Crippen molar-refractivity contribution in [1.29, 1.82) is 0 Å². The van der Waals surface area contributed by atoms with Gasteiger partial charge < -0.3 is 15.7 Å². The smallest absolute Gasteiger partial charge is 0.422 e. The summed E-state index contributed by atoms with van der Waals surface area (Å²) in [5.41, 5.74) is -3.30. The Morgan fingerprint density at radius 1 is 1.19 bits per heavy atom. The third-order valence-electron chi connectivity index (χ3n) is 4.11. The van der Waals surface area contributed by atoms with Crippen molar-refractivity contribution in [3.8, 4) is 0 Å². The molecule has 0 radical (unpaired) electrons. The number of halogens is 3. The molecule has 8 heteroatoms. The van der Waals surface area contributed by atoms with Gasteiger partial charge in [-0.1, -0.05) is 13.8 Å². The van der Waals surface area contributed by atoms with Crippen molar-refractivity contribution in [2.75, 3.05) is 0 Å². The number of aliphatic carboxylic acids is 1. The maximum absolute atomic E-state index is 12.8. The molecule has 1 aliphatic carbocycles. The van der Waals surface area contributed by atoms with Crippen LogP contribution in [0.5, 0.6) is 0 Å². The van der Waals surface area contributed by atoms with Gasteiger partial charge in [0.15, 0.2) is 0 Å². The fraction of sp³-hybridized carbons (Fsp3) is 0.846. The molecule has 0 spiro atoms. The highest BCUT2D eigenvalue weighted by atomic mass is 19.4. The van der Waals surface area contributed by atoms with Crippen molar-refractivity contribution in [2.24, 2.45) is 11.8 Å². The molecule has 0 aromatic carbocycles. The molecule has 1 saturated carbocycles. The van der Waals surface area contributed by atoms with E-state index in [1.54, 1.807) is 0 Å². The highest BCUT2D eigenvalue weighted by Gasteiger charge is 2.58. The van der Waals surface area contributed by atoms with Crippen LogP contribution in [0.2, 0.25) is 0 Å². The summed E-state index contributed by atoms with van der Waals surface area (Å²) in [6, 6.07) is -1.35. The normalized spacial score (nSPS) is 29.3. The minimum Gasteiger partial charge on any atom is -0.479 e. The van der Waals surface area contributed by atoms with Gasteiger partial charge >= 0.3 is 18.2 Å². The predicted molar refractivity (Wildman–Crippen MR) is 69.7 cm³/mol. The molecule has 1 fully saturated rings.